The zero-order chi connectivity index (χ0) is 16.3. The highest BCUT2D eigenvalue weighted by Crippen LogP contribution is 2.23. The smallest absolute Gasteiger partial charge is 0.224 e. The molecule has 2 amide bonds. The lowest BCUT2D eigenvalue weighted by Gasteiger charge is -2.26. The summed E-state index contributed by atoms with van der Waals surface area (Å²) in [7, 11) is 0. The van der Waals surface area contributed by atoms with E-state index in [9.17, 15) is 14.0 Å². The summed E-state index contributed by atoms with van der Waals surface area (Å²) in [6, 6.07) is 6.35. The molecule has 1 N–H and O–H groups in total. The van der Waals surface area contributed by atoms with E-state index in [4.69, 9.17) is 0 Å². The molecule has 1 aliphatic heterocycles. The van der Waals surface area contributed by atoms with Crippen molar-refractivity contribution in [2.24, 2.45) is 5.92 Å². The molecular weight excluding hydrogens is 283 g/mol. The molecule has 4 nitrogen and oxygen atoms in total. The van der Waals surface area contributed by atoms with E-state index in [1.165, 1.54) is 19.1 Å². The van der Waals surface area contributed by atoms with Gasteiger partial charge in [0.25, 0.3) is 0 Å². The van der Waals surface area contributed by atoms with Gasteiger partial charge in [-0.1, -0.05) is 26.0 Å². The molecule has 22 heavy (non-hydrogen) atoms. The summed E-state index contributed by atoms with van der Waals surface area (Å²) in [4.78, 5) is 25.2. The molecule has 1 aromatic rings. The van der Waals surface area contributed by atoms with Crippen LogP contribution in [-0.2, 0) is 15.0 Å². The topological polar surface area (TPSA) is 49.4 Å². The Morgan fingerprint density at radius 2 is 1.95 bits per heavy atom. The number of hydrogen-bond donors (Lipinski definition) is 1. The van der Waals surface area contributed by atoms with E-state index in [-0.39, 0.29) is 29.0 Å². The van der Waals surface area contributed by atoms with E-state index in [1.54, 1.807) is 17.0 Å². The van der Waals surface area contributed by atoms with Crippen LogP contribution in [0.1, 0.15) is 32.8 Å². The molecule has 120 valence electrons. The highest BCUT2D eigenvalue weighted by atomic mass is 19.1. The van der Waals surface area contributed by atoms with Crippen molar-refractivity contribution < 1.29 is 14.0 Å². The lowest BCUT2D eigenvalue weighted by atomic mass is 9.84. The molecule has 0 aromatic heterocycles. The number of nitrogens with one attached hydrogen (secondary N) is 1. The van der Waals surface area contributed by atoms with Crippen molar-refractivity contribution in [3.63, 3.8) is 0 Å². The monoisotopic (exact) mass is 306 g/mol. The SMILES string of the molecule is CC(=O)N1CCC(C(=O)NCC(C)(C)c2ccc(F)cc2)C1. The van der Waals surface area contributed by atoms with Crippen LogP contribution in [0.3, 0.4) is 0 Å². The van der Waals surface area contributed by atoms with Gasteiger partial charge in [-0.05, 0) is 24.1 Å². The highest BCUT2D eigenvalue weighted by molar-refractivity contribution is 5.81. The fourth-order valence-electron chi connectivity index (χ4n) is 2.72. The number of carbonyl (C=O) groups excluding carboxylic acids is 2. The van der Waals surface area contributed by atoms with Gasteiger partial charge in [-0.15, -0.1) is 0 Å². The average Bonchev–Trinajstić information content (AvgIpc) is 2.95. The van der Waals surface area contributed by atoms with Gasteiger partial charge < -0.3 is 10.2 Å². The molecule has 0 spiro atoms. The molecule has 0 aliphatic carbocycles. The standard InChI is InChI=1S/C17H23FN2O2/c1-12(21)20-9-8-13(10-20)16(22)19-11-17(2,3)14-4-6-15(18)7-5-14/h4-7,13H,8-11H2,1-3H3,(H,19,22). The molecule has 1 atom stereocenters. The summed E-state index contributed by atoms with van der Waals surface area (Å²) in [6.45, 7) is 7.17. The number of carbonyl (C=O) groups is 2. The third kappa shape index (κ3) is 3.84. The molecule has 1 unspecified atom stereocenters. The van der Waals surface area contributed by atoms with Crippen molar-refractivity contribution in [1.82, 2.24) is 10.2 Å². The van der Waals surface area contributed by atoms with Crippen molar-refractivity contribution in [2.45, 2.75) is 32.6 Å². The maximum absolute atomic E-state index is 13.0. The van der Waals surface area contributed by atoms with Crippen molar-refractivity contribution in [3.8, 4) is 0 Å². The zero-order valence-corrected chi connectivity index (χ0v) is 13.4. The Hall–Kier alpha value is -1.91. The van der Waals surface area contributed by atoms with Crippen LogP contribution in [-0.4, -0.2) is 36.3 Å². The molecule has 1 heterocycles. The number of hydrogen-bond acceptors (Lipinski definition) is 2. The van der Waals surface area contributed by atoms with E-state index < -0.39 is 0 Å². The number of nitrogens with zero attached hydrogens (tertiary/aromatic N) is 1. The molecule has 5 heteroatoms. The summed E-state index contributed by atoms with van der Waals surface area (Å²) < 4.78 is 13.0. The van der Waals surface area contributed by atoms with Gasteiger partial charge in [-0.25, -0.2) is 4.39 Å². The minimum Gasteiger partial charge on any atom is -0.355 e. The van der Waals surface area contributed by atoms with Crippen molar-refractivity contribution in [2.75, 3.05) is 19.6 Å². The van der Waals surface area contributed by atoms with Gasteiger partial charge in [0.2, 0.25) is 11.8 Å². The predicted octanol–water partition coefficient (Wildman–Crippen LogP) is 2.09. The average molecular weight is 306 g/mol. The Balaban J connectivity index is 1.90. The molecule has 1 aliphatic rings. The minimum atomic E-state index is -0.276. The third-order valence-corrected chi connectivity index (χ3v) is 4.33. The molecule has 1 saturated heterocycles. The van der Waals surface area contributed by atoms with E-state index in [2.05, 4.69) is 5.32 Å². The van der Waals surface area contributed by atoms with Gasteiger partial charge in [-0.3, -0.25) is 9.59 Å². The van der Waals surface area contributed by atoms with Crippen LogP contribution in [0.2, 0.25) is 0 Å². The number of amides is 2. The Labute approximate surface area is 130 Å². The predicted molar refractivity (Wildman–Crippen MR) is 82.8 cm³/mol. The van der Waals surface area contributed by atoms with E-state index in [0.717, 1.165) is 5.56 Å². The zero-order valence-electron chi connectivity index (χ0n) is 13.4. The first-order valence-electron chi connectivity index (χ1n) is 7.59. The summed E-state index contributed by atoms with van der Waals surface area (Å²) in [6.07, 6.45) is 0.711. The van der Waals surface area contributed by atoms with Crippen LogP contribution in [0.5, 0.6) is 0 Å². The normalized spacial score (nSPS) is 18.4. The Morgan fingerprint density at radius 1 is 1.32 bits per heavy atom. The first-order chi connectivity index (χ1) is 10.3. The second-order valence-electron chi connectivity index (χ2n) is 6.56. The summed E-state index contributed by atoms with van der Waals surface area (Å²) in [5, 5.41) is 2.97. The Kier molecular flexibility index (Phi) is 4.84. The first-order valence-corrected chi connectivity index (χ1v) is 7.59. The Morgan fingerprint density at radius 3 is 2.50 bits per heavy atom. The quantitative estimate of drug-likeness (QED) is 0.926. The fraction of sp³-hybridized carbons (Fsp3) is 0.529. The largest absolute Gasteiger partial charge is 0.355 e. The number of halogens is 1. The summed E-state index contributed by atoms with van der Waals surface area (Å²) >= 11 is 0. The summed E-state index contributed by atoms with van der Waals surface area (Å²) in [5.41, 5.74) is 0.702. The van der Waals surface area contributed by atoms with Gasteiger partial charge in [0.15, 0.2) is 0 Å². The lowest BCUT2D eigenvalue weighted by Crippen LogP contribution is -2.40. The second kappa shape index (κ2) is 6.46. The molecule has 0 bridgehead atoms. The van der Waals surface area contributed by atoms with Crippen molar-refractivity contribution >= 4 is 11.8 Å². The maximum Gasteiger partial charge on any atom is 0.224 e. The van der Waals surface area contributed by atoms with Gasteiger partial charge in [0.05, 0.1) is 5.92 Å². The number of rotatable bonds is 4. The van der Waals surface area contributed by atoms with Crippen LogP contribution >= 0.6 is 0 Å². The minimum absolute atomic E-state index is 0.0149. The first kappa shape index (κ1) is 16.5. The van der Waals surface area contributed by atoms with Crippen LogP contribution in [0, 0.1) is 11.7 Å². The Bertz CT molecular complexity index is 554. The molecule has 0 saturated carbocycles. The summed E-state index contributed by atoms with van der Waals surface area (Å²) in [5.74, 6) is -0.396. The van der Waals surface area contributed by atoms with E-state index in [0.29, 0.717) is 26.1 Å². The molecule has 1 fully saturated rings. The fourth-order valence-corrected chi connectivity index (χ4v) is 2.72. The molecule has 0 radical (unpaired) electrons. The van der Waals surface area contributed by atoms with Crippen LogP contribution in [0.25, 0.3) is 0 Å². The maximum atomic E-state index is 13.0. The third-order valence-electron chi connectivity index (χ3n) is 4.33. The van der Waals surface area contributed by atoms with Crippen molar-refractivity contribution in [1.29, 1.82) is 0 Å². The van der Waals surface area contributed by atoms with Crippen LogP contribution < -0.4 is 5.32 Å². The second-order valence-corrected chi connectivity index (χ2v) is 6.56. The number of likely N-dealkylation sites (tertiary alicyclic amines) is 1. The number of benzene rings is 1. The van der Waals surface area contributed by atoms with E-state index >= 15 is 0 Å². The van der Waals surface area contributed by atoms with Gasteiger partial charge in [-0.2, -0.15) is 0 Å². The van der Waals surface area contributed by atoms with E-state index in [1.807, 2.05) is 13.8 Å². The lowest BCUT2D eigenvalue weighted by molar-refractivity contribution is -0.128. The molecule has 2 rings (SSSR count). The van der Waals surface area contributed by atoms with Gasteiger partial charge in [0.1, 0.15) is 5.82 Å². The van der Waals surface area contributed by atoms with Crippen molar-refractivity contribution in [3.05, 3.63) is 35.6 Å². The molecular formula is C17H23FN2O2. The van der Waals surface area contributed by atoms with Gasteiger partial charge in [0, 0.05) is 32.0 Å². The van der Waals surface area contributed by atoms with Crippen LogP contribution in [0.4, 0.5) is 4.39 Å². The van der Waals surface area contributed by atoms with Crippen LogP contribution in [0.15, 0.2) is 24.3 Å². The van der Waals surface area contributed by atoms with Gasteiger partial charge >= 0.3 is 0 Å². The highest BCUT2D eigenvalue weighted by Gasteiger charge is 2.30. The molecule has 1 aromatic carbocycles.